The first-order valence-electron chi connectivity index (χ1n) is 21.4. The summed E-state index contributed by atoms with van der Waals surface area (Å²) in [6.07, 6.45) is 2.45. The van der Waals surface area contributed by atoms with Gasteiger partial charge >= 0.3 is 0 Å². The van der Waals surface area contributed by atoms with Gasteiger partial charge in [-0.3, -0.25) is 14.4 Å². The predicted octanol–water partition coefficient (Wildman–Crippen LogP) is 6.64. The van der Waals surface area contributed by atoms with E-state index < -0.39 is 24.2 Å². The molecule has 10 heteroatoms. The summed E-state index contributed by atoms with van der Waals surface area (Å²) < 4.78 is 6.19. The van der Waals surface area contributed by atoms with Gasteiger partial charge in [-0.2, -0.15) is 5.06 Å². The Balaban J connectivity index is 1.21. The van der Waals surface area contributed by atoms with E-state index in [0.717, 1.165) is 48.2 Å². The quantitative estimate of drug-likeness (QED) is 0.155. The van der Waals surface area contributed by atoms with Crippen LogP contribution in [0.15, 0.2) is 66.7 Å². The predicted molar refractivity (Wildman–Crippen MR) is 229 cm³/mol. The number of hydrogen-bond donors (Lipinski definition) is 3. The minimum atomic E-state index is -0.898. The minimum absolute atomic E-state index is 0.0399. The summed E-state index contributed by atoms with van der Waals surface area (Å²) in [6, 6.07) is 21.7. The molecular formula is C48H66N4O6. The van der Waals surface area contributed by atoms with Gasteiger partial charge in [0.15, 0.2) is 5.78 Å². The van der Waals surface area contributed by atoms with Crippen LogP contribution in [0.2, 0.25) is 0 Å². The van der Waals surface area contributed by atoms with Crippen LogP contribution in [0.1, 0.15) is 80.8 Å². The number of benzene rings is 3. The summed E-state index contributed by atoms with van der Waals surface area (Å²) in [6.45, 7) is 9.29. The number of rotatable bonds is 14. The number of anilines is 1. The smallest absolute Gasteiger partial charge is 0.240 e. The minimum Gasteiger partial charge on any atom is -0.496 e. The van der Waals surface area contributed by atoms with Gasteiger partial charge in [0.25, 0.3) is 0 Å². The van der Waals surface area contributed by atoms with Crippen molar-refractivity contribution < 1.29 is 29.4 Å². The molecule has 5 fully saturated rings. The number of carbonyl (C=O) groups is 2. The molecule has 1 heterocycles. The Kier molecular flexibility index (Phi) is 12.4. The monoisotopic (exact) mass is 794 g/mol. The molecule has 314 valence electrons. The van der Waals surface area contributed by atoms with Crippen LogP contribution in [0.3, 0.4) is 0 Å². The van der Waals surface area contributed by atoms with Gasteiger partial charge in [0.2, 0.25) is 5.91 Å². The van der Waals surface area contributed by atoms with Gasteiger partial charge in [-0.25, -0.2) is 0 Å². The lowest BCUT2D eigenvalue weighted by molar-refractivity contribution is -0.183. The summed E-state index contributed by atoms with van der Waals surface area (Å²) in [4.78, 5) is 39.9. The molecule has 0 spiro atoms. The third kappa shape index (κ3) is 7.95. The molecule has 58 heavy (non-hydrogen) atoms. The summed E-state index contributed by atoms with van der Waals surface area (Å²) in [5.41, 5.74) is 5.53. The fourth-order valence-electron chi connectivity index (χ4n) is 11.4. The summed E-state index contributed by atoms with van der Waals surface area (Å²) in [5, 5.41) is 26.5. The van der Waals surface area contributed by atoms with Crippen molar-refractivity contribution in [3.05, 3.63) is 83.4 Å². The van der Waals surface area contributed by atoms with Gasteiger partial charge in [0, 0.05) is 60.9 Å². The van der Waals surface area contributed by atoms with E-state index >= 15 is 0 Å². The van der Waals surface area contributed by atoms with E-state index in [9.17, 15) is 19.8 Å². The molecule has 8 rings (SSSR count). The normalized spacial score (nSPS) is 30.8. The largest absolute Gasteiger partial charge is 0.496 e. The van der Waals surface area contributed by atoms with Crippen molar-refractivity contribution in [2.24, 2.45) is 40.9 Å². The Labute approximate surface area is 345 Å². The molecule has 3 aromatic rings. The molecule has 11 atom stereocenters. The number of nitrogens with one attached hydrogen (secondary N) is 1. The zero-order chi connectivity index (χ0) is 41.6. The number of carbonyl (C=O) groups excluding carboxylic acids is 2. The van der Waals surface area contributed by atoms with Gasteiger partial charge in [-0.1, -0.05) is 69.3 Å². The number of ketones is 1. The fraction of sp³-hybridized carbons (Fsp3) is 0.583. The second-order valence-electron chi connectivity index (χ2n) is 18.9. The third-order valence-electron chi connectivity index (χ3n) is 14.6. The molecule has 0 radical (unpaired) electrons. The van der Waals surface area contributed by atoms with E-state index in [4.69, 9.17) is 9.57 Å². The van der Waals surface area contributed by atoms with E-state index in [-0.39, 0.29) is 54.1 Å². The van der Waals surface area contributed by atoms with Crippen molar-refractivity contribution >= 4 is 17.4 Å². The Morgan fingerprint density at radius 3 is 2.38 bits per heavy atom. The lowest BCUT2D eigenvalue weighted by Gasteiger charge is -2.62. The summed E-state index contributed by atoms with van der Waals surface area (Å²) in [7, 11) is 9.78. The van der Waals surface area contributed by atoms with Crippen LogP contribution < -0.4 is 15.0 Å². The first-order valence-corrected chi connectivity index (χ1v) is 21.4. The molecule has 3 aromatic carbocycles. The number of aliphatic hydroxyl groups is 2. The van der Waals surface area contributed by atoms with Crippen LogP contribution in [0, 0.1) is 40.9 Å². The molecule has 10 nitrogen and oxygen atoms in total. The zero-order valence-electron chi connectivity index (χ0n) is 36.0. The van der Waals surface area contributed by atoms with Crippen LogP contribution in [0.4, 0.5) is 5.69 Å². The van der Waals surface area contributed by atoms with Gasteiger partial charge in [-0.05, 0) is 111 Å². The lowest BCUT2D eigenvalue weighted by atomic mass is 9.45. The Bertz CT molecular complexity index is 1930. The van der Waals surface area contributed by atoms with Gasteiger partial charge < -0.3 is 30.1 Å². The number of ether oxygens (including phenoxy) is 1. The average molecular weight is 795 g/mol. The molecular weight excluding hydrogens is 729 g/mol. The number of aliphatic hydroxyl groups excluding tert-OH is 2. The molecule has 3 N–H and O–H groups in total. The molecule has 5 aliphatic rings. The van der Waals surface area contributed by atoms with E-state index in [1.165, 1.54) is 12.0 Å². The number of hydroxylamine groups is 2. The third-order valence-corrected chi connectivity index (χ3v) is 14.6. The maximum atomic E-state index is 14.9. The Hall–Kier alpha value is -3.80. The maximum Gasteiger partial charge on any atom is 0.240 e. The first-order chi connectivity index (χ1) is 27.6. The highest BCUT2D eigenvalue weighted by molar-refractivity contribution is 6.01. The van der Waals surface area contributed by atoms with Crippen LogP contribution in [-0.2, 0) is 16.2 Å². The number of fused-ring (bicyclic) bond motifs is 2. The molecule has 4 saturated carbocycles. The highest BCUT2D eigenvalue weighted by Crippen LogP contribution is 2.61. The van der Waals surface area contributed by atoms with Crippen molar-refractivity contribution in [1.82, 2.24) is 15.3 Å². The number of methoxy groups -OCH3 is 1. The van der Waals surface area contributed by atoms with Crippen molar-refractivity contribution in [3.8, 4) is 16.9 Å². The molecule has 2 bridgehead atoms. The average Bonchev–Trinajstić information content (AvgIpc) is 3.79. The number of para-hydroxylation sites is 1. The number of amides is 1. The van der Waals surface area contributed by atoms with Gasteiger partial charge in [0.1, 0.15) is 17.9 Å². The first kappa shape index (κ1) is 42.3. The van der Waals surface area contributed by atoms with Crippen LogP contribution in [0.5, 0.6) is 5.75 Å². The zero-order valence-corrected chi connectivity index (χ0v) is 36.0. The van der Waals surface area contributed by atoms with Crippen LogP contribution in [0.25, 0.3) is 11.1 Å². The molecule has 1 aliphatic heterocycles. The van der Waals surface area contributed by atoms with E-state index in [0.29, 0.717) is 29.1 Å². The van der Waals surface area contributed by atoms with Crippen LogP contribution >= 0.6 is 0 Å². The highest BCUT2D eigenvalue weighted by atomic mass is 16.7. The van der Waals surface area contributed by atoms with E-state index in [1.54, 1.807) is 19.1 Å². The van der Waals surface area contributed by atoms with Crippen molar-refractivity contribution in [2.75, 3.05) is 53.4 Å². The van der Waals surface area contributed by atoms with E-state index in [2.05, 4.69) is 75.4 Å². The number of Topliss-reactive ketones (excluding diaryl/α,β-unsaturated/α-hetero) is 1. The molecule has 1 saturated heterocycles. The molecule has 0 aromatic heterocycles. The Morgan fingerprint density at radius 2 is 1.76 bits per heavy atom. The van der Waals surface area contributed by atoms with Crippen molar-refractivity contribution in [3.63, 3.8) is 0 Å². The van der Waals surface area contributed by atoms with Crippen LogP contribution in [-0.4, -0.2) is 105 Å². The SMILES string of the molecule is COc1c(CN2O[C@@H](CO)[C@@H]([C@H](C)O)[C@H]2C(=O)N[C@H]2C[C@@H]3C[C@H]([C@@H]2C)C3(C)C)cccc1-c1cc(C(=O)C2[C@H](CN(C)C)CC[C@@H]2c2ccccc2)cc(N(C)C)c1. The van der Waals surface area contributed by atoms with E-state index in [1.807, 2.05) is 55.4 Å². The molecule has 4 aliphatic carbocycles. The summed E-state index contributed by atoms with van der Waals surface area (Å²) >= 11 is 0. The fourth-order valence-corrected chi connectivity index (χ4v) is 11.4. The number of hydrogen-bond acceptors (Lipinski definition) is 9. The molecule has 1 unspecified atom stereocenters. The Morgan fingerprint density at radius 1 is 1.02 bits per heavy atom. The lowest BCUT2D eigenvalue weighted by Crippen LogP contribution is -2.62. The van der Waals surface area contributed by atoms with Gasteiger partial charge in [-0.15, -0.1) is 0 Å². The van der Waals surface area contributed by atoms with Crippen molar-refractivity contribution in [2.45, 2.75) is 90.1 Å². The summed E-state index contributed by atoms with van der Waals surface area (Å²) in [5.74, 6) is 1.61. The number of nitrogens with zero attached hydrogens (tertiary/aromatic N) is 3. The maximum absolute atomic E-state index is 14.9. The second-order valence-corrected chi connectivity index (χ2v) is 18.9. The topological polar surface area (TPSA) is 115 Å². The van der Waals surface area contributed by atoms with Gasteiger partial charge in [0.05, 0.1) is 26.4 Å². The van der Waals surface area contributed by atoms with Crippen molar-refractivity contribution in [1.29, 1.82) is 0 Å². The highest BCUT2D eigenvalue weighted by Gasteiger charge is 2.57. The molecule has 1 amide bonds. The second kappa shape index (κ2) is 17.1. The standard InChI is InChI=1S/C48H66N4O6/c1-28-39-23-35(48(39,3)4)24-40(28)49-47(56)44-42(29(2)54)41(27-53)58-52(44)26-32-16-13-17-38(46(32)57-9)33-20-34(22-36(21-33)51(7)8)45(55)43-31(25-50(5)6)18-19-37(43)30-14-11-10-12-15-30/h10-17,20-22,28-29,31,35,37,39-44,53-54H,18-19,23-27H2,1-9H3,(H,49,56)/t28-,29-,31-,35-,37+,39+,40-,41-,42+,43?,44-/m0/s1.